The highest BCUT2D eigenvalue weighted by Gasteiger charge is 2.37. The molecule has 0 unspecified atom stereocenters. The highest BCUT2D eigenvalue weighted by Crippen LogP contribution is 2.27. The van der Waals surface area contributed by atoms with Crippen molar-refractivity contribution in [2.75, 3.05) is 6.61 Å². The predicted octanol–water partition coefficient (Wildman–Crippen LogP) is 1.95. The Hall–Kier alpha value is -1.56. The van der Waals surface area contributed by atoms with Gasteiger partial charge in [-0.25, -0.2) is 9.59 Å². The number of ether oxygens (including phenoxy) is 2. The molecule has 1 saturated carbocycles. The van der Waals surface area contributed by atoms with Crippen molar-refractivity contribution in [1.82, 2.24) is 5.32 Å². The summed E-state index contributed by atoms with van der Waals surface area (Å²) in [6, 6.07) is -0.998. The molecule has 1 fully saturated rings. The summed E-state index contributed by atoms with van der Waals surface area (Å²) in [7, 11) is 0. The minimum absolute atomic E-state index is 0.128. The fourth-order valence-electron chi connectivity index (χ4n) is 1.89. The summed E-state index contributed by atoms with van der Waals surface area (Å²) in [5.41, 5.74) is -0.594. The van der Waals surface area contributed by atoms with E-state index in [0.29, 0.717) is 6.61 Å². The highest BCUT2D eigenvalue weighted by atomic mass is 16.6. The Kier molecular flexibility index (Phi) is 5.56. The van der Waals surface area contributed by atoms with Crippen LogP contribution in [0.15, 0.2) is 12.7 Å². The molecule has 3 atom stereocenters. The monoisotopic (exact) mass is 285 g/mol. The van der Waals surface area contributed by atoms with Crippen LogP contribution >= 0.6 is 0 Å². The number of nitrogens with one attached hydrogen (secondary N) is 1. The molecule has 1 aliphatic rings. The van der Waals surface area contributed by atoms with Crippen molar-refractivity contribution in [3.8, 4) is 0 Å². The lowest BCUT2D eigenvalue weighted by atomic mass is 9.87. The van der Waals surface area contributed by atoms with Crippen LogP contribution in [0.25, 0.3) is 0 Å². The van der Waals surface area contributed by atoms with Crippen molar-refractivity contribution in [3.05, 3.63) is 12.7 Å². The van der Waals surface area contributed by atoms with Crippen LogP contribution in [0.5, 0.6) is 0 Å². The third-order valence-corrected chi connectivity index (χ3v) is 3.21. The van der Waals surface area contributed by atoms with Crippen LogP contribution in [-0.2, 0) is 14.3 Å². The lowest BCUT2D eigenvalue weighted by Gasteiger charge is -2.36. The van der Waals surface area contributed by atoms with Gasteiger partial charge >= 0.3 is 12.1 Å². The third-order valence-electron chi connectivity index (χ3n) is 3.21. The van der Waals surface area contributed by atoms with Crippen LogP contribution in [0.1, 0.15) is 33.6 Å². The van der Waals surface area contributed by atoms with E-state index < -0.39 is 23.5 Å². The summed E-state index contributed by atoms with van der Waals surface area (Å²) < 4.78 is 10.6. The number of carboxylic acid groups (broad SMARTS) is 1. The van der Waals surface area contributed by atoms with Gasteiger partial charge < -0.3 is 19.9 Å². The predicted molar refractivity (Wildman–Crippen MR) is 73.5 cm³/mol. The van der Waals surface area contributed by atoms with E-state index in [0.717, 1.165) is 12.8 Å². The number of aliphatic carboxylic acids is 1. The molecule has 0 aromatic carbocycles. The smallest absolute Gasteiger partial charge is 0.408 e. The van der Waals surface area contributed by atoms with Crippen molar-refractivity contribution < 1.29 is 24.2 Å². The molecule has 6 nitrogen and oxygen atoms in total. The normalized spacial score (nSPS) is 23.4. The van der Waals surface area contributed by atoms with E-state index in [1.54, 1.807) is 26.8 Å². The topological polar surface area (TPSA) is 84.9 Å². The van der Waals surface area contributed by atoms with Crippen molar-refractivity contribution >= 4 is 12.1 Å². The Morgan fingerprint density at radius 3 is 2.40 bits per heavy atom. The summed E-state index contributed by atoms with van der Waals surface area (Å²) in [5.74, 6) is -1.08. The molecule has 0 bridgehead atoms. The fourth-order valence-corrected chi connectivity index (χ4v) is 1.89. The van der Waals surface area contributed by atoms with Gasteiger partial charge in [-0.2, -0.15) is 0 Å². The maximum absolute atomic E-state index is 11.8. The standard InChI is InChI=1S/C14H23NO5/c1-5-8-19-9-6-7-10(9)20-13(18)15-11(12(16)17)14(2,3)4/h5,9-11H,1,6-8H2,2-4H3,(H,15,18)(H,16,17)/t9-,10-,11-/m1/s1. The van der Waals surface area contributed by atoms with E-state index >= 15 is 0 Å². The number of carbonyl (C=O) groups is 2. The Morgan fingerprint density at radius 1 is 1.40 bits per heavy atom. The molecule has 0 saturated heterocycles. The van der Waals surface area contributed by atoms with E-state index in [2.05, 4.69) is 11.9 Å². The van der Waals surface area contributed by atoms with E-state index in [1.807, 2.05) is 0 Å². The minimum atomic E-state index is -1.08. The summed E-state index contributed by atoms with van der Waals surface area (Å²) in [6.07, 6.45) is 2.02. The first kappa shape index (κ1) is 16.5. The van der Waals surface area contributed by atoms with Gasteiger partial charge in [0.1, 0.15) is 12.1 Å². The Morgan fingerprint density at radius 2 is 2.00 bits per heavy atom. The van der Waals surface area contributed by atoms with Crippen LogP contribution in [0.2, 0.25) is 0 Å². The van der Waals surface area contributed by atoms with Gasteiger partial charge in [0.15, 0.2) is 0 Å². The fraction of sp³-hybridized carbons (Fsp3) is 0.714. The lowest BCUT2D eigenvalue weighted by molar-refractivity contribution is -0.142. The van der Waals surface area contributed by atoms with Gasteiger partial charge in [-0.05, 0) is 18.3 Å². The third kappa shape index (κ3) is 4.52. The first-order valence-corrected chi connectivity index (χ1v) is 6.68. The van der Waals surface area contributed by atoms with E-state index in [9.17, 15) is 9.59 Å². The second kappa shape index (κ2) is 6.74. The number of carboxylic acids is 1. The first-order chi connectivity index (χ1) is 9.25. The number of alkyl carbamates (subject to hydrolysis) is 1. The molecular weight excluding hydrogens is 262 g/mol. The number of hydrogen-bond acceptors (Lipinski definition) is 4. The molecule has 0 aromatic rings. The molecule has 2 N–H and O–H groups in total. The maximum Gasteiger partial charge on any atom is 0.408 e. The largest absolute Gasteiger partial charge is 0.480 e. The molecule has 6 heteroatoms. The SMILES string of the molecule is C=CCO[C@@H]1CC[C@H]1OC(=O)N[C@H](C(=O)O)C(C)(C)C. The summed E-state index contributed by atoms with van der Waals surface area (Å²) >= 11 is 0. The quantitative estimate of drug-likeness (QED) is 0.729. The van der Waals surface area contributed by atoms with Gasteiger partial charge in [0, 0.05) is 0 Å². The molecule has 0 heterocycles. The van der Waals surface area contributed by atoms with Crippen molar-refractivity contribution in [1.29, 1.82) is 0 Å². The molecule has 0 radical (unpaired) electrons. The molecule has 114 valence electrons. The average molecular weight is 285 g/mol. The van der Waals surface area contributed by atoms with Crippen LogP contribution in [0.3, 0.4) is 0 Å². The molecular formula is C14H23NO5. The zero-order valence-corrected chi connectivity index (χ0v) is 12.2. The Bertz CT molecular complexity index is 374. The van der Waals surface area contributed by atoms with E-state index in [4.69, 9.17) is 14.6 Å². The molecule has 0 spiro atoms. The van der Waals surface area contributed by atoms with Gasteiger partial charge in [0.2, 0.25) is 0 Å². The highest BCUT2D eigenvalue weighted by molar-refractivity contribution is 5.80. The van der Waals surface area contributed by atoms with E-state index in [1.165, 1.54) is 0 Å². The van der Waals surface area contributed by atoms with Gasteiger partial charge in [-0.3, -0.25) is 0 Å². The van der Waals surface area contributed by atoms with Gasteiger partial charge in [-0.1, -0.05) is 26.8 Å². The van der Waals surface area contributed by atoms with Crippen molar-refractivity contribution in [3.63, 3.8) is 0 Å². The van der Waals surface area contributed by atoms with Crippen LogP contribution in [0.4, 0.5) is 4.79 Å². The Balaban J connectivity index is 2.46. The summed E-state index contributed by atoms with van der Waals surface area (Å²) in [6.45, 7) is 9.19. The first-order valence-electron chi connectivity index (χ1n) is 6.68. The zero-order chi connectivity index (χ0) is 15.3. The summed E-state index contributed by atoms with van der Waals surface area (Å²) in [4.78, 5) is 22.9. The molecule has 1 amide bonds. The lowest BCUT2D eigenvalue weighted by Crippen LogP contribution is -2.52. The van der Waals surface area contributed by atoms with Crippen LogP contribution < -0.4 is 5.32 Å². The molecule has 20 heavy (non-hydrogen) atoms. The number of carbonyl (C=O) groups excluding carboxylic acids is 1. The number of hydrogen-bond donors (Lipinski definition) is 2. The van der Waals surface area contributed by atoms with Crippen LogP contribution in [0, 0.1) is 5.41 Å². The second-order valence-electron chi connectivity index (χ2n) is 5.96. The van der Waals surface area contributed by atoms with Gasteiger partial charge in [0.05, 0.1) is 12.7 Å². The molecule has 1 rings (SSSR count). The molecule has 0 aromatic heterocycles. The average Bonchev–Trinajstić information content (AvgIpc) is 2.30. The second-order valence-corrected chi connectivity index (χ2v) is 5.96. The van der Waals surface area contributed by atoms with E-state index in [-0.39, 0.29) is 12.2 Å². The summed E-state index contributed by atoms with van der Waals surface area (Å²) in [5, 5.41) is 11.5. The molecule has 0 aliphatic heterocycles. The number of rotatable bonds is 6. The maximum atomic E-state index is 11.8. The van der Waals surface area contributed by atoms with Gasteiger partial charge in [-0.15, -0.1) is 6.58 Å². The van der Waals surface area contributed by atoms with Gasteiger partial charge in [0.25, 0.3) is 0 Å². The zero-order valence-electron chi connectivity index (χ0n) is 12.2. The van der Waals surface area contributed by atoms with Crippen molar-refractivity contribution in [2.24, 2.45) is 5.41 Å². The molecule has 1 aliphatic carbocycles. The number of amides is 1. The minimum Gasteiger partial charge on any atom is -0.480 e. The van der Waals surface area contributed by atoms with Crippen LogP contribution in [-0.4, -0.2) is 42.0 Å². The Labute approximate surface area is 119 Å². The van der Waals surface area contributed by atoms with Crippen molar-refractivity contribution in [2.45, 2.75) is 51.9 Å².